The van der Waals surface area contributed by atoms with Crippen molar-refractivity contribution < 1.29 is 9.59 Å². The minimum Gasteiger partial charge on any atom is -0.338 e. The van der Waals surface area contributed by atoms with Crippen molar-refractivity contribution in [2.24, 2.45) is 5.73 Å². The quantitative estimate of drug-likeness (QED) is 0.825. The predicted molar refractivity (Wildman–Crippen MR) is 118 cm³/mol. The number of hydrogen-bond donors (Lipinski definition) is 1. The third-order valence-corrected chi connectivity index (χ3v) is 7.63. The van der Waals surface area contributed by atoms with Gasteiger partial charge in [0.15, 0.2) is 0 Å². The van der Waals surface area contributed by atoms with E-state index in [0.29, 0.717) is 31.7 Å². The summed E-state index contributed by atoms with van der Waals surface area (Å²) in [6.45, 7) is 2.21. The Morgan fingerprint density at radius 3 is 2.37 bits per heavy atom. The maximum Gasteiger partial charge on any atom is 0.253 e. The lowest BCUT2D eigenvalue weighted by Crippen LogP contribution is -2.62. The molecule has 2 aromatic rings. The number of aryl methyl sites for hydroxylation is 1. The Labute approximate surface area is 180 Å². The molecule has 2 amide bonds. The first-order valence-electron chi connectivity index (χ1n) is 10.7. The van der Waals surface area contributed by atoms with E-state index in [4.69, 9.17) is 10.7 Å². The van der Waals surface area contributed by atoms with E-state index in [2.05, 4.69) is 12.2 Å². The average molecular weight is 423 g/mol. The van der Waals surface area contributed by atoms with E-state index in [1.54, 1.807) is 11.3 Å². The van der Waals surface area contributed by atoms with Gasteiger partial charge in [-0.25, -0.2) is 4.98 Å². The van der Waals surface area contributed by atoms with Crippen LogP contribution >= 0.6 is 11.3 Å². The number of allylic oxidation sites excluding steroid dienone is 1. The Kier molecular flexibility index (Phi) is 4.95. The molecule has 5 rings (SSSR count). The number of fused-ring (bicyclic) bond motifs is 1. The highest BCUT2D eigenvalue weighted by Gasteiger charge is 2.43. The number of amides is 2. The van der Waals surface area contributed by atoms with E-state index < -0.39 is 5.54 Å². The summed E-state index contributed by atoms with van der Waals surface area (Å²) in [7, 11) is 0. The van der Waals surface area contributed by atoms with Gasteiger partial charge in [0.05, 0.1) is 11.2 Å². The molecule has 1 aliphatic heterocycles. The molecule has 0 unspecified atom stereocenters. The van der Waals surface area contributed by atoms with Crippen LogP contribution in [0, 0.1) is 0 Å². The molecule has 1 saturated heterocycles. The van der Waals surface area contributed by atoms with Gasteiger partial charge in [-0.2, -0.15) is 0 Å². The first kappa shape index (κ1) is 19.5. The van der Waals surface area contributed by atoms with Crippen LogP contribution in [0.2, 0.25) is 0 Å². The summed E-state index contributed by atoms with van der Waals surface area (Å²) in [5, 5.41) is 1.00. The molecule has 6 nitrogen and oxygen atoms in total. The number of rotatable bonds is 3. The van der Waals surface area contributed by atoms with E-state index >= 15 is 0 Å². The maximum absolute atomic E-state index is 12.9. The largest absolute Gasteiger partial charge is 0.338 e. The molecule has 1 aromatic heterocycles. The molecule has 0 bridgehead atoms. The first-order valence-corrected chi connectivity index (χ1v) is 11.5. The van der Waals surface area contributed by atoms with Gasteiger partial charge in [-0.15, -0.1) is 11.3 Å². The Balaban J connectivity index is 1.22. The monoisotopic (exact) mass is 422 g/mol. The lowest BCUT2D eigenvalue weighted by molar-refractivity contribution is -0.141. The number of hydrogen-bond acceptors (Lipinski definition) is 5. The number of carbonyl (C=O) groups excluding carboxylic acids is 2. The SMILES string of the molecule is NC1(C(=O)N2CCN(C(=O)c3ccc(-c4nc5c(s4)CCC=C5)cc3)CC2)CCC1. The fourth-order valence-electron chi connectivity index (χ4n) is 4.34. The highest BCUT2D eigenvalue weighted by molar-refractivity contribution is 7.15. The highest BCUT2D eigenvalue weighted by Crippen LogP contribution is 2.33. The fraction of sp³-hybridized carbons (Fsp3) is 0.435. The lowest BCUT2D eigenvalue weighted by Gasteiger charge is -2.43. The van der Waals surface area contributed by atoms with Gasteiger partial charge in [-0.05, 0) is 50.3 Å². The molecular weight excluding hydrogens is 396 g/mol. The maximum atomic E-state index is 12.9. The van der Waals surface area contributed by atoms with Gasteiger partial charge in [0.2, 0.25) is 5.91 Å². The van der Waals surface area contributed by atoms with E-state index in [9.17, 15) is 9.59 Å². The molecule has 30 heavy (non-hydrogen) atoms. The number of benzene rings is 1. The standard InChI is InChI=1S/C23H26N4O2S/c24-23(10-3-11-23)22(29)27-14-12-26(13-15-27)21(28)17-8-6-16(7-9-17)20-25-18-4-1-2-5-19(18)30-20/h1,4,6-9H,2-3,5,10-15,24H2. The molecule has 3 aliphatic rings. The molecule has 1 aromatic carbocycles. The predicted octanol–water partition coefficient (Wildman–Crippen LogP) is 2.94. The van der Waals surface area contributed by atoms with E-state index in [0.717, 1.165) is 48.4 Å². The molecule has 7 heteroatoms. The van der Waals surface area contributed by atoms with Crippen molar-refractivity contribution in [1.29, 1.82) is 0 Å². The molecule has 1 saturated carbocycles. The second kappa shape index (κ2) is 7.63. The summed E-state index contributed by atoms with van der Waals surface area (Å²) in [4.78, 5) is 35.2. The fourth-order valence-corrected chi connectivity index (χ4v) is 5.41. The van der Waals surface area contributed by atoms with Crippen LogP contribution in [0.5, 0.6) is 0 Å². The molecule has 2 fully saturated rings. The van der Waals surface area contributed by atoms with Gasteiger partial charge in [0, 0.05) is 42.2 Å². The number of nitrogens with two attached hydrogens (primary N) is 1. The van der Waals surface area contributed by atoms with Crippen LogP contribution in [0.25, 0.3) is 16.6 Å². The second-order valence-corrected chi connectivity index (χ2v) is 9.52. The number of thiazole rings is 1. The minimum absolute atomic E-state index is 0.0149. The summed E-state index contributed by atoms with van der Waals surface area (Å²) >= 11 is 1.74. The second-order valence-electron chi connectivity index (χ2n) is 8.44. The van der Waals surface area contributed by atoms with Crippen LogP contribution in [0.4, 0.5) is 0 Å². The van der Waals surface area contributed by atoms with Crippen molar-refractivity contribution in [3.05, 3.63) is 46.5 Å². The Hall–Kier alpha value is -2.51. The number of carbonyl (C=O) groups is 2. The van der Waals surface area contributed by atoms with Crippen molar-refractivity contribution in [3.63, 3.8) is 0 Å². The smallest absolute Gasteiger partial charge is 0.253 e. The van der Waals surface area contributed by atoms with Crippen LogP contribution in [0.15, 0.2) is 30.3 Å². The number of nitrogens with zero attached hydrogens (tertiary/aromatic N) is 3. The van der Waals surface area contributed by atoms with Crippen LogP contribution < -0.4 is 5.73 Å². The molecular formula is C23H26N4O2S. The van der Waals surface area contributed by atoms with Gasteiger partial charge in [0.25, 0.3) is 5.91 Å². The van der Waals surface area contributed by atoms with E-state index in [1.165, 1.54) is 4.88 Å². The summed E-state index contributed by atoms with van der Waals surface area (Å²) in [6.07, 6.45) is 8.97. The summed E-state index contributed by atoms with van der Waals surface area (Å²) in [5.41, 5.74) is 8.32. The molecule has 0 radical (unpaired) electrons. The van der Waals surface area contributed by atoms with Gasteiger partial charge in [-0.3, -0.25) is 9.59 Å². The van der Waals surface area contributed by atoms with Crippen molar-refractivity contribution in [1.82, 2.24) is 14.8 Å². The number of aromatic nitrogens is 1. The molecule has 2 aliphatic carbocycles. The van der Waals surface area contributed by atoms with Crippen molar-refractivity contribution in [3.8, 4) is 10.6 Å². The van der Waals surface area contributed by atoms with Crippen molar-refractivity contribution in [2.45, 2.75) is 37.6 Å². The zero-order valence-electron chi connectivity index (χ0n) is 17.0. The third kappa shape index (κ3) is 3.46. The normalized spacial score (nSPS) is 19.9. The summed E-state index contributed by atoms with van der Waals surface area (Å²) in [6, 6.07) is 7.73. The highest BCUT2D eigenvalue weighted by atomic mass is 32.1. The van der Waals surface area contributed by atoms with E-state index in [-0.39, 0.29) is 11.8 Å². The van der Waals surface area contributed by atoms with Crippen LogP contribution in [0.3, 0.4) is 0 Å². The molecule has 0 spiro atoms. The Morgan fingerprint density at radius 1 is 1.03 bits per heavy atom. The van der Waals surface area contributed by atoms with Crippen molar-refractivity contribution >= 4 is 29.2 Å². The number of piperazine rings is 1. The molecule has 2 N–H and O–H groups in total. The van der Waals surface area contributed by atoms with E-state index in [1.807, 2.05) is 34.1 Å². The van der Waals surface area contributed by atoms with Crippen molar-refractivity contribution in [2.75, 3.05) is 26.2 Å². The van der Waals surface area contributed by atoms with Crippen LogP contribution in [-0.4, -0.2) is 58.3 Å². The van der Waals surface area contributed by atoms with Gasteiger partial charge < -0.3 is 15.5 Å². The Morgan fingerprint density at radius 2 is 1.73 bits per heavy atom. The zero-order valence-corrected chi connectivity index (χ0v) is 17.8. The molecule has 0 atom stereocenters. The minimum atomic E-state index is -0.660. The first-order chi connectivity index (χ1) is 14.5. The third-order valence-electron chi connectivity index (χ3n) is 6.45. The van der Waals surface area contributed by atoms with Gasteiger partial charge in [-0.1, -0.05) is 18.2 Å². The Bertz CT molecular complexity index is 999. The zero-order chi connectivity index (χ0) is 20.7. The average Bonchev–Trinajstić information content (AvgIpc) is 3.21. The summed E-state index contributed by atoms with van der Waals surface area (Å²) in [5.74, 6) is 0.0623. The summed E-state index contributed by atoms with van der Waals surface area (Å²) < 4.78 is 0. The molecule has 156 valence electrons. The van der Waals surface area contributed by atoms with Crippen LogP contribution in [-0.2, 0) is 11.2 Å². The van der Waals surface area contributed by atoms with Crippen LogP contribution in [0.1, 0.15) is 46.6 Å². The molecule has 2 heterocycles. The topological polar surface area (TPSA) is 79.5 Å². The lowest BCUT2D eigenvalue weighted by atomic mass is 9.76. The van der Waals surface area contributed by atoms with Gasteiger partial charge >= 0.3 is 0 Å². The van der Waals surface area contributed by atoms with Gasteiger partial charge in [0.1, 0.15) is 5.01 Å².